The molecule has 1 atom stereocenters. The number of ketones is 1. The van der Waals surface area contributed by atoms with Gasteiger partial charge in [-0.05, 0) is 44.9 Å². The van der Waals surface area contributed by atoms with Crippen LogP contribution in [-0.2, 0) is 11.3 Å². The summed E-state index contributed by atoms with van der Waals surface area (Å²) >= 11 is 0. The van der Waals surface area contributed by atoms with Crippen molar-refractivity contribution in [1.29, 1.82) is 0 Å². The predicted octanol–water partition coefficient (Wildman–Crippen LogP) is 1.88. The Morgan fingerprint density at radius 3 is 2.73 bits per heavy atom. The quantitative estimate of drug-likeness (QED) is 0.706. The fraction of sp³-hybridized carbons (Fsp3) is 0.542. The molecular formula is C24H34N3O3+. The molecule has 1 aromatic carbocycles. The summed E-state index contributed by atoms with van der Waals surface area (Å²) in [4.78, 5) is 16.8. The van der Waals surface area contributed by atoms with Gasteiger partial charge in [0.05, 0.1) is 39.4 Å². The number of hydrogen-bond acceptors (Lipinski definition) is 4. The van der Waals surface area contributed by atoms with Crippen molar-refractivity contribution in [2.75, 3.05) is 51.3 Å². The maximum absolute atomic E-state index is 13.1. The molecule has 0 radical (unpaired) electrons. The first-order chi connectivity index (χ1) is 14.5. The third-order valence-electron chi connectivity index (χ3n) is 6.58. The van der Waals surface area contributed by atoms with E-state index in [9.17, 15) is 4.79 Å². The number of piperazine rings is 1. The molecule has 0 spiro atoms. The van der Waals surface area contributed by atoms with Gasteiger partial charge in [-0.1, -0.05) is 6.07 Å². The number of aryl methyl sites for hydroxylation is 1. The van der Waals surface area contributed by atoms with E-state index in [0.29, 0.717) is 6.54 Å². The Morgan fingerprint density at radius 2 is 2.03 bits per heavy atom. The van der Waals surface area contributed by atoms with E-state index < -0.39 is 0 Å². The highest BCUT2D eigenvalue weighted by atomic mass is 16.5. The van der Waals surface area contributed by atoms with Crippen LogP contribution in [0.1, 0.15) is 34.6 Å². The van der Waals surface area contributed by atoms with Gasteiger partial charge in [0.15, 0.2) is 0 Å². The van der Waals surface area contributed by atoms with Gasteiger partial charge in [-0.3, -0.25) is 4.79 Å². The molecule has 1 N–H and O–H groups in total. The topological polar surface area (TPSA) is 48.1 Å². The van der Waals surface area contributed by atoms with E-state index in [1.165, 1.54) is 10.6 Å². The fourth-order valence-corrected chi connectivity index (χ4v) is 4.74. The van der Waals surface area contributed by atoms with Gasteiger partial charge in [0.25, 0.3) is 0 Å². The lowest BCUT2D eigenvalue weighted by Gasteiger charge is -2.33. The van der Waals surface area contributed by atoms with Crippen molar-refractivity contribution in [2.24, 2.45) is 0 Å². The molecule has 2 aliphatic rings. The SMILES string of the molecule is COc1cccc(N2CC[NH+](CC(=O)c3cc(C)n(C[C@@H]4CCCO4)c3C)CC2)c1. The Bertz CT molecular complexity index is 878. The maximum Gasteiger partial charge on any atom is 0.218 e. The number of aromatic nitrogens is 1. The second kappa shape index (κ2) is 9.23. The molecule has 4 rings (SSSR count). The van der Waals surface area contributed by atoms with Crippen LogP contribution in [0.25, 0.3) is 0 Å². The Morgan fingerprint density at radius 1 is 1.23 bits per heavy atom. The number of nitrogens with one attached hydrogen (secondary N) is 1. The number of carbonyl (C=O) groups excluding carboxylic acids is 1. The number of nitrogens with zero attached hydrogens (tertiary/aromatic N) is 2. The molecule has 162 valence electrons. The predicted molar refractivity (Wildman–Crippen MR) is 118 cm³/mol. The number of rotatable bonds is 7. The van der Waals surface area contributed by atoms with Crippen LogP contribution >= 0.6 is 0 Å². The summed E-state index contributed by atoms with van der Waals surface area (Å²) in [5, 5.41) is 0. The molecule has 6 heteroatoms. The van der Waals surface area contributed by atoms with Crippen LogP contribution in [0.2, 0.25) is 0 Å². The lowest BCUT2D eigenvalue weighted by Crippen LogP contribution is -3.15. The van der Waals surface area contributed by atoms with Crippen LogP contribution in [0, 0.1) is 13.8 Å². The van der Waals surface area contributed by atoms with Crippen LogP contribution in [0.4, 0.5) is 5.69 Å². The van der Waals surface area contributed by atoms with E-state index in [-0.39, 0.29) is 11.9 Å². The maximum atomic E-state index is 13.1. The van der Waals surface area contributed by atoms with Crippen LogP contribution in [0.3, 0.4) is 0 Å². The summed E-state index contributed by atoms with van der Waals surface area (Å²) in [6.45, 7) is 10.3. The fourth-order valence-electron chi connectivity index (χ4n) is 4.74. The monoisotopic (exact) mass is 412 g/mol. The molecule has 1 aromatic heterocycles. The average molecular weight is 413 g/mol. The van der Waals surface area contributed by atoms with Gasteiger partial charge >= 0.3 is 0 Å². The van der Waals surface area contributed by atoms with Crippen LogP contribution in [0.5, 0.6) is 5.75 Å². The van der Waals surface area contributed by atoms with Gasteiger partial charge < -0.3 is 23.8 Å². The zero-order valence-electron chi connectivity index (χ0n) is 18.4. The number of methoxy groups -OCH3 is 1. The van der Waals surface area contributed by atoms with E-state index in [1.54, 1.807) is 7.11 Å². The van der Waals surface area contributed by atoms with Crippen LogP contribution in [0.15, 0.2) is 30.3 Å². The summed E-state index contributed by atoms with van der Waals surface area (Å²) in [6.07, 6.45) is 2.54. The molecule has 2 aromatic rings. The normalized spacial score (nSPS) is 20.0. The number of benzene rings is 1. The van der Waals surface area contributed by atoms with Crippen molar-refractivity contribution in [1.82, 2.24) is 4.57 Å². The summed E-state index contributed by atoms with van der Waals surface area (Å²) in [7, 11) is 1.70. The molecular weight excluding hydrogens is 378 g/mol. The number of carbonyl (C=O) groups is 1. The van der Waals surface area contributed by atoms with Crippen molar-refractivity contribution in [3.05, 3.63) is 47.3 Å². The number of quaternary nitrogens is 1. The number of anilines is 1. The van der Waals surface area contributed by atoms with E-state index in [1.807, 2.05) is 12.1 Å². The van der Waals surface area contributed by atoms with Gasteiger partial charge in [-0.25, -0.2) is 0 Å². The summed E-state index contributed by atoms with van der Waals surface area (Å²) < 4.78 is 13.4. The highest BCUT2D eigenvalue weighted by Crippen LogP contribution is 2.22. The molecule has 0 bridgehead atoms. The standard InChI is InChI=1S/C24H33N3O3/c1-18-14-23(19(2)27(18)16-22-8-5-13-30-22)24(28)17-25-9-11-26(12-10-25)20-6-4-7-21(15-20)29-3/h4,6-7,14-15,22H,5,8-13,16-17H2,1-3H3/p+1/t22-/m0/s1. The van der Waals surface area contributed by atoms with E-state index >= 15 is 0 Å². The lowest BCUT2D eigenvalue weighted by atomic mass is 10.1. The minimum Gasteiger partial charge on any atom is -0.497 e. The molecule has 0 aliphatic carbocycles. The minimum absolute atomic E-state index is 0.256. The van der Waals surface area contributed by atoms with E-state index in [2.05, 4.69) is 41.5 Å². The van der Waals surface area contributed by atoms with Crippen LogP contribution in [-0.4, -0.2) is 62.9 Å². The Balaban J connectivity index is 1.34. The van der Waals surface area contributed by atoms with Crippen molar-refractivity contribution in [2.45, 2.75) is 39.3 Å². The second-order valence-corrected chi connectivity index (χ2v) is 8.57. The first-order valence-electron chi connectivity index (χ1n) is 11.1. The number of Topliss-reactive ketones (excluding diaryl/α,β-unsaturated/α-hetero) is 1. The van der Waals surface area contributed by atoms with E-state index in [0.717, 1.165) is 74.9 Å². The number of hydrogen-bond donors (Lipinski definition) is 1. The minimum atomic E-state index is 0.256. The van der Waals surface area contributed by atoms with Gasteiger partial charge in [0.2, 0.25) is 5.78 Å². The Labute approximate surface area is 179 Å². The smallest absolute Gasteiger partial charge is 0.218 e. The van der Waals surface area contributed by atoms with Crippen molar-refractivity contribution in [3.63, 3.8) is 0 Å². The molecule has 2 saturated heterocycles. The molecule has 0 unspecified atom stereocenters. The molecule has 2 fully saturated rings. The molecule has 0 amide bonds. The Hall–Kier alpha value is -2.31. The third-order valence-corrected chi connectivity index (χ3v) is 6.58. The van der Waals surface area contributed by atoms with Gasteiger partial charge in [-0.2, -0.15) is 0 Å². The van der Waals surface area contributed by atoms with Gasteiger partial charge in [0.1, 0.15) is 12.3 Å². The Kier molecular flexibility index (Phi) is 6.44. The van der Waals surface area contributed by atoms with Crippen molar-refractivity contribution < 1.29 is 19.2 Å². The first kappa shape index (κ1) is 20.9. The zero-order chi connectivity index (χ0) is 21.1. The highest BCUT2D eigenvalue weighted by molar-refractivity contribution is 5.98. The average Bonchev–Trinajstić information content (AvgIpc) is 3.38. The zero-order valence-corrected chi connectivity index (χ0v) is 18.4. The highest BCUT2D eigenvalue weighted by Gasteiger charge is 2.26. The van der Waals surface area contributed by atoms with Crippen LogP contribution < -0.4 is 14.5 Å². The second-order valence-electron chi connectivity index (χ2n) is 8.57. The van der Waals surface area contributed by atoms with Gasteiger partial charge in [-0.15, -0.1) is 0 Å². The third kappa shape index (κ3) is 4.55. The van der Waals surface area contributed by atoms with Gasteiger partial charge in [0, 0.05) is 41.9 Å². The molecule has 6 nitrogen and oxygen atoms in total. The summed E-state index contributed by atoms with van der Waals surface area (Å²) in [6, 6.07) is 10.3. The van der Waals surface area contributed by atoms with E-state index in [4.69, 9.17) is 9.47 Å². The summed E-state index contributed by atoms with van der Waals surface area (Å²) in [5.74, 6) is 1.14. The lowest BCUT2D eigenvalue weighted by molar-refractivity contribution is -0.892. The molecule has 2 aliphatic heterocycles. The molecule has 3 heterocycles. The first-order valence-corrected chi connectivity index (χ1v) is 11.1. The van der Waals surface area contributed by atoms with Crippen molar-refractivity contribution in [3.8, 4) is 5.75 Å². The summed E-state index contributed by atoms with van der Waals surface area (Å²) in [5.41, 5.74) is 4.32. The molecule has 0 saturated carbocycles. The number of ether oxygens (including phenoxy) is 2. The largest absolute Gasteiger partial charge is 0.497 e. The molecule has 30 heavy (non-hydrogen) atoms. The van der Waals surface area contributed by atoms with Crippen molar-refractivity contribution >= 4 is 11.5 Å².